The zero-order valence-electron chi connectivity index (χ0n) is 9.81. The van der Waals surface area contributed by atoms with Gasteiger partial charge in [-0.3, -0.25) is 0 Å². The lowest BCUT2D eigenvalue weighted by atomic mass is 10.2. The van der Waals surface area contributed by atoms with Crippen LogP contribution in [-0.2, 0) is 6.61 Å². The van der Waals surface area contributed by atoms with Crippen molar-refractivity contribution in [2.45, 2.75) is 13.5 Å². The molecule has 0 aliphatic carbocycles. The fraction of sp³-hybridized carbons (Fsp3) is 0.231. The van der Waals surface area contributed by atoms with Crippen molar-refractivity contribution in [2.75, 3.05) is 5.88 Å². The second-order valence-corrected chi connectivity index (χ2v) is 3.82. The maximum absolute atomic E-state index is 5.59. The summed E-state index contributed by atoms with van der Waals surface area (Å²) in [6.07, 6.45) is 0. The molecule has 4 nitrogen and oxygen atoms in total. The second kappa shape index (κ2) is 6.08. The van der Waals surface area contributed by atoms with Crippen LogP contribution >= 0.6 is 11.6 Å². The molecule has 0 atom stereocenters. The summed E-state index contributed by atoms with van der Waals surface area (Å²) in [5, 5.41) is 7.43. The lowest BCUT2D eigenvalue weighted by Crippen LogP contribution is -1.97. The van der Waals surface area contributed by atoms with Crippen LogP contribution < -0.4 is 4.74 Å². The molecule has 2 rings (SSSR count). The van der Waals surface area contributed by atoms with E-state index in [1.165, 1.54) is 0 Å². The van der Waals surface area contributed by atoms with E-state index in [0.717, 1.165) is 17.0 Å². The van der Waals surface area contributed by atoms with Crippen LogP contribution in [0.25, 0.3) is 0 Å². The highest BCUT2D eigenvalue weighted by molar-refractivity contribution is 6.19. The second-order valence-electron chi connectivity index (χ2n) is 3.55. The van der Waals surface area contributed by atoms with Crippen LogP contribution in [0, 0.1) is 18.8 Å². The van der Waals surface area contributed by atoms with Gasteiger partial charge in [0, 0.05) is 5.56 Å². The molecule has 0 radical (unpaired) electrons. The lowest BCUT2D eigenvalue weighted by molar-refractivity contribution is 0.270. The minimum atomic E-state index is 0.314. The van der Waals surface area contributed by atoms with Gasteiger partial charge in [0.1, 0.15) is 23.7 Å². The van der Waals surface area contributed by atoms with Crippen LogP contribution in [0.4, 0.5) is 0 Å². The fourth-order valence-corrected chi connectivity index (χ4v) is 1.40. The number of aryl methyl sites for hydroxylation is 1. The Morgan fingerprint density at radius 3 is 3.00 bits per heavy atom. The summed E-state index contributed by atoms with van der Waals surface area (Å²) in [6.45, 7) is 2.14. The van der Waals surface area contributed by atoms with Crippen LogP contribution in [0.2, 0.25) is 0 Å². The Morgan fingerprint density at radius 1 is 1.39 bits per heavy atom. The van der Waals surface area contributed by atoms with Gasteiger partial charge in [-0.05, 0) is 25.1 Å². The molecule has 1 aromatic heterocycles. The Kier molecular flexibility index (Phi) is 4.21. The van der Waals surface area contributed by atoms with Crippen LogP contribution in [0.15, 0.2) is 28.9 Å². The summed E-state index contributed by atoms with van der Waals surface area (Å²) < 4.78 is 10.2. The van der Waals surface area contributed by atoms with Gasteiger partial charge >= 0.3 is 0 Å². The smallest absolute Gasteiger partial charge is 0.145 e. The van der Waals surface area contributed by atoms with Gasteiger partial charge < -0.3 is 4.74 Å². The van der Waals surface area contributed by atoms with Crippen molar-refractivity contribution in [3.63, 3.8) is 0 Å². The largest absolute Gasteiger partial charge is 0.487 e. The molecule has 92 valence electrons. The summed E-state index contributed by atoms with van der Waals surface area (Å²) in [5.74, 6) is 6.76. The zero-order valence-corrected chi connectivity index (χ0v) is 10.6. The molecule has 5 heteroatoms. The highest BCUT2D eigenvalue weighted by Crippen LogP contribution is 2.14. The first-order chi connectivity index (χ1) is 8.79. The number of alkyl halides is 1. The zero-order chi connectivity index (χ0) is 12.8. The number of benzene rings is 1. The Hall–Kier alpha value is -1.99. The van der Waals surface area contributed by atoms with E-state index in [1.54, 1.807) is 0 Å². The van der Waals surface area contributed by atoms with E-state index in [0.29, 0.717) is 18.2 Å². The molecule has 0 unspecified atom stereocenters. The molecule has 1 aromatic carbocycles. The number of rotatable bonds is 3. The van der Waals surface area contributed by atoms with Crippen molar-refractivity contribution in [3.8, 4) is 17.6 Å². The molecule has 2 aromatic rings. The standard InChI is InChI=1S/C13H11ClN2O2/c1-10-13(16-18-15-10)9-17-12-6-2-4-11(8-12)5-3-7-14/h2,4,6,8H,7,9H2,1H3. The van der Waals surface area contributed by atoms with Crippen molar-refractivity contribution >= 4 is 11.6 Å². The Balaban J connectivity index is 2.03. The number of hydrogen-bond acceptors (Lipinski definition) is 4. The number of ether oxygens (including phenoxy) is 1. The quantitative estimate of drug-likeness (QED) is 0.630. The molecular formula is C13H11ClN2O2. The van der Waals surface area contributed by atoms with E-state index in [4.69, 9.17) is 16.3 Å². The third kappa shape index (κ3) is 3.25. The average Bonchev–Trinajstić information content (AvgIpc) is 2.80. The van der Waals surface area contributed by atoms with E-state index in [-0.39, 0.29) is 0 Å². The van der Waals surface area contributed by atoms with Gasteiger partial charge in [-0.25, -0.2) is 4.63 Å². The van der Waals surface area contributed by atoms with Gasteiger partial charge in [0.25, 0.3) is 0 Å². The molecule has 0 spiro atoms. The molecule has 0 aliphatic rings. The van der Waals surface area contributed by atoms with E-state index in [2.05, 4.69) is 26.8 Å². The molecule has 1 heterocycles. The third-order valence-electron chi connectivity index (χ3n) is 2.26. The van der Waals surface area contributed by atoms with Crippen molar-refractivity contribution in [2.24, 2.45) is 0 Å². The van der Waals surface area contributed by atoms with Gasteiger partial charge in [-0.2, -0.15) is 0 Å². The van der Waals surface area contributed by atoms with E-state index < -0.39 is 0 Å². The van der Waals surface area contributed by atoms with Gasteiger partial charge in [-0.15, -0.1) is 11.6 Å². The minimum absolute atomic E-state index is 0.314. The Bertz CT molecular complexity index is 584. The molecule has 0 aliphatic heterocycles. The summed E-state index contributed by atoms with van der Waals surface area (Å²) >= 11 is 5.51. The van der Waals surface area contributed by atoms with Crippen LogP contribution in [-0.4, -0.2) is 16.2 Å². The molecule has 0 saturated carbocycles. The van der Waals surface area contributed by atoms with Gasteiger partial charge in [-0.1, -0.05) is 28.2 Å². The first-order valence-electron chi connectivity index (χ1n) is 5.35. The van der Waals surface area contributed by atoms with Gasteiger partial charge in [0.2, 0.25) is 0 Å². The normalized spacial score (nSPS) is 9.67. The number of aromatic nitrogens is 2. The average molecular weight is 263 g/mol. The SMILES string of the molecule is Cc1nonc1COc1cccc(C#CCCl)c1. The maximum atomic E-state index is 5.59. The van der Waals surface area contributed by atoms with Crippen LogP contribution in [0.1, 0.15) is 17.0 Å². The molecule has 0 saturated heterocycles. The van der Waals surface area contributed by atoms with Gasteiger partial charge in [0.05, 0.1) is 5.88 Å². The van der Waals surface area contributed by atoms with Crippen molar-refractivity contribution in [3.05, 3.63) is 41.2 Å². The molecule has 18 heavy (non-hydrogen) atoms. The summed E-state index contributed by atoms with van der Waals surface area (Å²) in [7, 11) is 0. The summed E-state index contributed by atoms with van der Waals surface area (Å²) in [6, 6.07) is 7.48. The molecule has 0 amide bonds. The number of hydrogen-bond donors (Lipinski definition) is 0. The van der Waals surface area contributed by atoms with Crippen LogP contribution in [0.5, 0.6) is 5.75 Å². The maximum Gasteiger partial charge on any atom is 0.145 e. The fourth-order valence-electron chi connectivity index (χ4n) is 1.33. The summed E-state index contributed by atoms with van der Waals surface area (Å²) in [5.41, 5.74) is 2.28. The predicted octanol–water partition coefficient (Wildman–Crippen LogP) is 2.55. The Morgan fingerprint density at radius 2 is 2.28 bits per heavy atom. The number of nitrogens with zero attached hydrogens (tertiary/aromatic N) is 2. The molecule has 0 fully saturated rings. The molecular weight excluding hydrogens is 252 g/mol. The number of halogens is 1. The first kappa shape index (κ1) is 12.5. The van der Waals surface area contributed by atoms with Crippen molar-refractivity contribution < 1.29 is 9.37 Å². The third-order valence-corrected chi connectivity index (χ3v) is 2.39. The molecule has 0 bridgehead atoms. The molecule has 0 N–H and O–H groups in total. The Labute approximate surface area is 110 Å². The van der Waals surface area contributed by atoms with Gasteiger partial charge in [0.15, 0.2) is 0 Å². The topological polar surface area (TPSA) is 48.2 Å². The first-order valence-corrected chi connectivity index (χ1v) is 5.89. The monoisotopic (exact) mass is 262 g/mol. The van der Waals surface area contributed by atoms with E-state index in [9.17, 15) is 0 Å². The highest BCUT2D eigenvalue weighted by Gasteiger charge is 2.05. The van der Waals surface area contributed by atoms with E-state index in [1.807, 2.05) is 31.2 Å². The van der Waals surface area contributed by atoms with Crippen LogP contribution in [0.3, 0.4) is 0 Å². The lowest BCUT2D eigenvalue weighted by Gasteiger charge is -2.04. The van der Waals surface area contributed by atoms with E-state index >= 15 is 0 Å². The summed E-state index contributed by atoms with van der Waals surface area (Å²) in [4.78, 5) is 0. The minimum Gasteiger partial charge on any atom is -0.487 e. The van der Waals surface area contributed by atoms with Crippen molar-refractivity contribution in [1.82, 2.24) is 10.3 Å². The van der Waals surface area contributed by atoms with Crippen molar-refractivity contribution in [1.29, 1.82) is 0 Å². The highest BCUT2D eigenvalue weighted by atomic mass is 35.5. The predicted molar refractivity (Wildman–Crippen MR) is 67.4 cm³/mol.